The van der Waals surface area contributed by atoms with Gasteiger partial charge in [-0.05, 0) is 61.6 Å². The normalized spacial score (nSPS) is 29.7. The lowest BCUT2D eigenvalue weighted by molar-refractivity contribution is -0.144. The minimum atomic E-state index is -4.44. The Balaban J connectivity index is 1.15. The molecule has 2 saturated carbocycles. The molecule has 3 atom stereocenters. The first kappa shape index (κ1) is 24.9. The van der Waals surface area contributed by atoms with E-state index < -0.39 is 22.8 Å². The van der Waals surface area contributed by atoms with Crippen LogP contribution in [0, 0.1) is 11.3 Å². The molecule has 198 valence electrons. The summed E-state index contributed by atoms with van der Waals surface area (Å²) in [4.78, 5) is 22.4. The van der Waals surface area contributed by atoms with Gasteiger partial charge in [-0.1, -0.05) is 36.8 Å². The number of aliphatic hydroxyl groups is 1. The van der Waals surface area contributed by atoms with Gasteiger partial charge >= 0.3 is 6.18 Å². The van der Waals surface area contributed by atoms with Crippen LogP contribution < -0.4 is 0 Å². The first-order valence-corrected chi connectivity index (χ1v) is 13.5. The van der Waals surface area contributed by atoms with Gasteiger partial charge in [0.1, 0.15) is 0 Å². The number of fused-ring (bicyclic) bond motifs is 2. The van der Waals surface area contributed by atoms with Gasteiger partial charge in [0, 0.05) is 50.5 Å². The fraction of sp³-hybridized carbons (Fsp3) is 0.586. The summed E-state index contributed by atoms with van der Waals surface area (Å²) in [5, 5.41) is 11.3. The number of hydrogen-bond donors (Lipinski definition) is 1. The van der Waals surface area contributed by atoms with Crippen molar-refractivity contribution in [2.45, 2.75) is 75.7 Å². The van der Waals surface area contributed by atoms with Crippen LogP contribution in [-0.4, -0.2) is 51.5 Å². The van der Waals surface area contributed by atoms with Crippen LogP contribution in [0.1, 0.15) is 67.3 Å². The SMILES string of the molecule is O=C(N1CCc2ncc(C(F)(F)F)cc2C1)[C@@]12CCC[C@@H]1C[C@H](N1CCC(O)(c3ccccc3)CC1)C2. The molecule has 8 heteroatoms. The third kappa shape index (κ3) is 4.36. The molecule has 6 rings (SSSR count). The Kier molecular flexibility index (Phi) is 6.10. The second-order valence-corrected chi connectivity index (χ2v) is 11.6. The van der Waals surface area contributed by atoms with Crippen LogP contribution in [0.5, 0.6) is 0 Å². The number of carbonyl (C=O) groups excluding carboxylic acids is 1. The molecule has 3 heterocycles. The molecule has 1 aromatic carbocycles. The maximum Gasteiger partial charge on any atom is 0.417 e. The number of pyridine rings is 1. The van der Waals surface area contributed by atoms with Crippen LogP contribution in [0.15, 0.2) is 42.6 Å². The number of benzene rings is 1. The van der Waals surface area contributed by atoms with E-state index >= 15 is 0 Å². The first-order valence-electron chi connectivity index (χ1n) is 13.5. The van der Waals surface area contributed by atoms with Gasteiger partial charge in [-0.2, -0.15) is 13.2 Å². The Hall–Kier alpha value is -2.45. The van der Waals surface area contributed by atoms with Gasteiger partial charge in [-0.3, -0.25) is 9.78 Å². The molecule has 1 N–H and O–H groups in total. The Morgan fingerprint density at radius 3 is 2.57 bits per heavy atom. The number of hydrogen-bond acceptors (Lipinski definition) is 4. The number of rotatable bonds is 3. The van der Waals surface area contributed by atoms with Crippen molar-refractivity contribution in [2.24, 2.45) is 11.3 Å². The summed E-state index contributed by atoms with van der Waals surface area (Å²) in [5.41, 5.74) is 0.193. The number of piperidine rings is 1. The lowest BCUT2D eigenvalue weighted by atomic mass is 9.78. The fourth-order valence-corrected chi connectivity index (χ4v) is 7.60. The first-order chi connectivity index (χ1) is 17.7. The molecule has 2 aliphatic carbocycles. The quantitative estimate of drug-likeness (QED) is 0.633. The molecule has 0 spiro atoms. The predicted molar refractivity (Wildman–Crippen MR) is 132 cm³/mol. The van der Waals surface area contributed by atoms with E-state index in [1.165, 1.54) is 6.07 Å². The molecule has 0 bridgehead atoms. The Morgan fingerprint density at radius 1 is 1.08 bits per heavy atom. The van der Waals surface area contributed by atoms with Crippen LogP contribution in [0.3, 0.4) is 0 Å². The van der Waals surface area contributed by atoms with Gasteiger partial charge in [-0.25, -0.2) is 0 Å². The maximum absolute atomic E-state index is 14.0. The van der Waals surface area contributed by atoms with E-state index in [0.717, 1.165) is 57.0 Å². The number of amides is 1. The Morgan fingerprint density at radius 2 is 1.84 bits per heavy atom. The van der Waals surface area contributed by atoms with Gasteiger partial charge in [0.25, 0.3) is 0 Å². The highest BCUT2D eigenvalue weighted by atomic mass is 19.4. The van der Waals surface area contributed by atoms with Crippen LogP contribution >= 0.6 is 0 Å². The highest BCUT2D eigenvalue weighted by molar-refractivity contribution is 5.84. The fourth-order valence-electron chi connectivity index (χ4n) is 7.60. The Bertz CT molecular complexity index is 1160. The van der Waals surface area contributed by atoms with E-state index in [0.29, 0.717) is 49.0 Å². The molecule has 2 aromatic rings. The smallest absolute Gasteiger partial charge is 0.385 e. The van der Waals surface area contributed by atoms with Crippen molar-refractivity contribution >= 4 is 5.91 Å². The van der Waals surface area contributed by atoms with Crippen LogP contribution in [0.25, 0.3) is 0 Å². The second-order valence-electron chi connectivity index (χ2n) is 11.6. The largest absolute Gasteiger partial charge is 0.417 e. The summed E-state index contributed by atoms with van der Waals surface area (Å²) in [6.07, 6.45) is 3.03. The third-order valence-corrected chi connectivity index (χ3v) is 9.65. The zero-order chi connectivity index (χ0) is 25.8. The maximum atomic E-state index is 14.0. The van der Waals surface area contributed by atoms with Crippen molar-refractivity contribution < 1.29 is 23.1 Å². The van der Waals surface area contributed by atoms with Crippen LogP contribution in [0.4, 0.5) is 13.2 Å². The molecule has 1 aromatic heterocycles. The average Bonchev–Trinajstić information content (AvgIpc) is 3.47. The van der Waals surface area contributed by atoms with Crippen LogP contribution in [0.2, 0.25) is 0 Å². The van der Waals surface area contributed by atoms with Crippen molar-refractivity contribution in [1.82, 2.24) is 14.8 Å². The molecule has 3 fully saturated rings. The van der Waals surface area contributed by atoms with Gasteiger partial charge in [0.05, 0.1) is 16.6 Å². The van der Waals surface area contributed by atoms with Crippen molar-refractivity contribution in [2.75, 3.05) is 19.6 Å². The number of aromatic nitrogens is 1. The molecule has 0 radical (unpaired) electrons. The molecular formula is C29H34F3N3O2. The molecule has 4 aliphatic rings. The molecule has 0 unspecified atom stereocenters. The van der Waals surface area contributed by atoms with Gasteiger partial charge in [-0.15, -0.1) is 0 Å². The highest BCUT2D eigenvalue weighted by Gasteiger charge is 2.57. The van der Waals surface area contributed by atoms with E-state index in [2.05, 4.69) is 9.88 Å². The predicted octanol–water partition coefficient (Wildman–Crippen LogP) is 4.92. The lowest BCUT2D eigenvalue weighted by Gasteiger charge is -2.42. The molecule has 1 saturated heterocycles. The van der Waals surface area contributed by atoms with Gasteiger partial charge < -0.3 is 14.9 Å². The number of halogens is 3. The summed E-state index contributed by atoms with van der Waals surface area (Å²) in [7, 11) is 0. The van der Waals surface area contributed by atoms with Crippen LogP contribution in [-0.2, 0) is 29.5 Å². The van der Waals surface area contributed by atoms with Crippen molar-refractivity contribution in [1.29, 1.82) is 0 Å². The third-order valence-electron chi connectivity index (χ3n) is 9.65. The van der Waals surface area contributed by atoms with E-state index in [9.17, 15) is 23.1 Å². The number of likely N-dealkylation sites (tertiary alicyclic amines) is 1. The van der Waals surface area contributed by atoms with E-state index in [-0.39, 0.29) is 12.5 Å². The van der Waals surface area contributed by atoms with Crippen molar-refractivity contribution in [3.05, 3.63) is 65.0 Å². The molecule has 37 heavy (non-hydrogen) atoms. The van der Waals surface area contributed by atoms with E-state index in [1.807, 2.05) is 30.3 Å². The number of carbonyl (C=O) groups is 1. The van der Waals surface area contributed by atoms with E-state index in [1.54, 1.807) is 4.90 Å². The second kappa shape index (κ2) is 9.09. The summed E-state index contributed by atoms with van der Waals surface area (Å²) in [5.74, 6) is 0.444. The van der Waals surface area contributed by atoms with Crippen molar-refractivity contribution in [3.8, 4) is 0 Å². The monoisotopic (exact) mass is 513 g/mol. The minimum absolute atomic E-state index is 0.123. The topological polar surface area (TPSA) is 56.7 Å². The zero-order valence-corrected chi connectivity index (χ0v) is 21.0. The molecule has 5 nitrogen and oxygen atoms in total. The van der Waals surface area contributed by atoms with E-state index in [4.69, 9.17) is 0 Å². The molecule has 2 aliphatic heterocycles. The molecule has 1 amide bonds. The Labute approximate surface area is 215 Å². The van der Waals surface area contributed by atoms with Gasteiger partial charge in [0.2, 0.25) is 5.91 Å². The molecular weight excluding hydrogens is 479 g/mol. The van der Waals surface area contributed by atoms with Gasteiger partial charge in [0.15, 0.2) is 0 Å². The number of nitrogens with zero attached hydrogens (tertiary/aromatic N) is 3. The standard InChI is InChI=1S/C29H34F3N3O2/c30-29(31,32)23-15-20-19-35(12-8-25(20)33-18-23)26(36)27-9-4-7-22(27)16-24(17-27)34-13-10-28(37,11-14-34)21-5-2-1-3-6-21/h1-3,5-6,15,18,22,24,37H,4,7-14,16-17,19H2/t22-,24+,27-/m1/s1. The highest BCUT2D eigenvalue weighted by Crippen LogP contribution is 2.57. The average molecular weight is 514 g/mol. The number of alkyl halides is 3. The minimum Gasteiger partial charge on any atom is -0.385 e. The summed E-state index contributed by atoms with van der Waals surface area (Å²) >= 11 is 0. The summed E-state index contributed by atoms with van der Waals surface area (Å²) < 4.78 is 39.8. The summed E-state index contributed by atoms with van der Waals surface area (Å²) in [6, 6.07) is 11.4. The zero-order valence-electron chi connectivity index (χ0n) is 21.0. The lowest BCUT2D eigenvalue weighted by Crippen LogP contribution is -2.48. The van der Waals surface area contributed by atoms with Crippen molar-refractivity contribution in [3.63, 3.8) is 0 Å². The summed E-state index contributed by atoms with van der Waals surface area (Å²) in [6.45, 7) is 2.32.